The van der Waals surface area contributed by atoms with Crippen LogP contribution < -0.4 is 9.47 Å². The Labute approximate surface area is 172 Å². The maximum atomic E-state index is 11.7. The van der Waals surface area contributed by atoms with Crippen molar-refractivity contribution in [2.45, 2.75) is 49.2 Å². The van der Waals surface area contributed by atoms with E-state index in [1.807, 2.05) is 6.07 Å². The molecule has 1 N–H and O–H groups in total. The third kappa shape index (κ3) is 3.18. The molecule has 1 aliphatic carbocycles. The van der Waals surface area contributed by atoms with Crippen molar-refractivity contribution in [1.82, 2.24) is 4.90 Å². The van der Waals surface area contributed by atoms with Gasteiger partial charge in [0.25, 0.3) is 6.29 Å². The van der Waals surface area contributed by atoms with Crippen LogP contribution in [0.5, 0.6) is 11.5 Å². The van der Waals surface area contributed by atoms with Crippen LogP contribution >= 0.6 is 0 Å². The molecule has 0 aromatic heterocycles. The molecule has 1 spiro atoms. The molecule has 1 aromatic carbocycles. The molecule has 27 heavy (non-hydrogen) atoms. The van der Waals surface area contributed by atoms with Crippen molar-refractivity contribution >= 4 is 5.97 Å². The number of nitrogens with zero attached hydrogens (tertiary/aromatic N) is 1. The van der Waals surface area contributed by atoms with Crippen LogP contribution in [0.15, 0.2) is 18.2 Å². The largest absolute Gasteiger partial charge is 0.493 e. The fourth-order valence-corrected chi connectivity index (χ4v) is 4.91. The molecule has 149 valence electrons. The van der Waals surface area contributed by atoms with Crippen LogP contribution in [-0.4, -0.2) is 61.9 Å². The predicted octanol–water partition coefficient (Wildman–Crippen LogP) is 1.42. The van der Waals surface area contributed by atoms with Gasteiger partial charge in [-0.15, -0.1) is 0 Å². The van der Waals surface area contributed by atoms with Gasteiger partial charge < -0.3 is 24.2 Å². The first-order valence-electron chi connectivity index (χ1n) is 8.94. The van der Waals surface area contributed by atoms with Crippen LogP contribution in [0.4, 0.5) is 0 Å². The van der Waals surface area contributed by atoms with E-state index >= 15 is 0 Å². The topological polar surface area (TPSA) is 77.5 Å². The van der Waals surface area contributed by atoms with Gasteiger partial charge in [-0.1, -0.05) is 6.07 Å². The minimum absolute atomic E-state index is 0. The van der Waals surface area contributed by atoms with Crippen LogP contribution in [0, 0.1) is 0 Å². The Morgan fingerprint density at radius 3 is 2.56 bits per heavy atom. The molecule has 2 heterocycles. The Hall–Kier alpha value is -1.17. The maximum absolute atomic E-state index is 11.7. The number of ether oxygens (including phenoxy) is 4. The SMILES string of the molecule is COc1ccc([C@]23CCN(C)[C@H]2CC2(CC3)OC(=O)C(O)O2)cc1OC.[Re]. The summed E-state index contributed by atoms with van der Waals surface area (Å²) in [4.78, 5) is 14.0. The summed E-state index contributed by atoms with van der Waals surface area (Å²) in [5, 5.41) is 9.69. The van der Waals surface area contributed by atoms with Gasteiger partial charge in [0.1, 0.15) is 0 Å². The summed E-state index contributed by atoms with van der Waals surface area (Å²) < 4.78 is 21.8. The summed E-state index contributed by atoms with van der Waals surface area (Å²) in [5.41, 5.74) is 1.13. The molecular formula is C19H25NO6Re. The summed E-state index contributed by atoms with van der Waals surface area (Å²) in [7, 11) is 5.35. The molecule has 1 radical (unpaired) electrons. The zero-order chi connectivity index (χ0) is 18.5. The molecule has 8 heteroatoms. The maximum Gasteiger partial charge on any atom is 0.365 e. The molecule has 0 amide bonds. The summed E-state index contributed by atoms with van der Waals surface area (Å²) in [6.07, 6.45) is 1.44. The molecule has 2 aliphatic heterocycles. The van der Waals surface area contributed by atoms with E-state index in [1.54, 1.807) is 14.2 Å². The van der Waals surface area contributed by atoms with Gasteiger partial charge in [-0.3, -0.25) is 4.74 Å². The van der Waals surface area contributed by atoms with E-state index in [0.29, 0.717) is 24.3 Å². The molecule has 3 fully saturated rings. The van der Waals surface area contributed by atoms with Crippen molar-refractivity contribution in [2.75, 3.05) is 27.8 Å². The zero-order valence-corrected chi connectivity index (χ0v) is 18.5. The first-order chi connectivity index (χ1) is 12.4. The number of likely N-dealkylation sites (tertiary alicyclic amines) is 1. The van der Waals surface area contributed by atoms with Crippen molar-refractivity contribution in [3.8, 4) is 11.5 Å². The van der Waals surface area contributed by atoms with Gasteiger partial charge in [-0.2, -0.15) is 0 Å². The summed E-state index contributed by atoms with van der Waals surface area (Å²) in [6, 6.07) is 6.24. The van der Waals surface area contributed by atoms with Gasteiger partial charge in [0.15, 0.2) is 11.5 Å². The fraction of sp³-hybridized carbons (Fsp3) is 0.632. The number of methoxy groups -OCH3 is 2. The van der Waals surface area contributed by atoms with Crippen LogP contribution in [0.25, 0.3) is 0 Å². The molecule has 3 aliphatic rings. The number of hydrogen-bond acceptors (Lipinski definition) is 7. The minimum atomic E-state index is -1.48. The molecular weight excluding hydrogens is 524 g/mol. The molecule has 2 unspecified atom stereocenters. The van der Waals surface area contributed by atoms with Gasteiger partial charge in [-0.25, -0.2) is 4.79 Å². The normalized spacial score (nSPS) is 35.5. The van der Waals surface area contributed by atoms with Crippen molar-refractivity contribution in [2.24, 2.45) is 0 Å². The van der Waals surface area contributed by atoms with Crippen LogP contribution in [0.2, 0.25) is 0 Å². The number of hydrogen-bond donors (Lipinski definition) is 1. The monoisotopic (exact) mass is 550 g/mol. The van der Waals surface area contributed by atoms with Crippen LogP contribution in [0.3, 0.4) is 0 Å². The standard InChI is InChI=1S/C19H25NO6.Re/c1-20-9-8-18(12-4-5-13(23-2)14(10-12)24-3)6-7-19(11-15(18)20)25-16(21)17(22)26-19;/h4-5,10,15-16,21H,6-9,11H2,1-3H3;/t15-,16?,18-,19?;/m0./s1. The Kier molecular flexibility index (Phi) is 5.59. The molecule has 7 nitrogen and oxygen atoms in total. The van der Waals surface area contributed by atoms with E-state index in [-0.39, 0.29) is 31.9 Å². The van der Waals surface area contributed by atoms with E-state index in [9.17, 15) is 9.90 Å². The Balaban J connectivity index is 0.00000210. The van der Waals surface area contributed by atoms with Gasteiger partial charge in [0, 0.05) is 44.7 Å². The summed E-state index contributed by atoms with van der Waals surface area (Å²) in [5.74, 6) is -0.282. The van der Waals surface area contributed by atoms with E-state index < -0.39 is 18.0 Å². The van der Waals surface area contributed by atoms with Crippen molar-refractivity contribution in [3.05, 3.63) is 23.8 Å². The minimum Gasteiger partial charge on any atom is -0.493 e. The number of esters is 1. The smallest absolute Gasteiger partial charge is 0.365 e. The average molecular weight is 550 g/mol. The Morgan fingerprint density at radius 2 is 1.93 bits per heavy atom. The van der Waals surface area contributed by atoms with E-state index in [0.717, 1.165) is 19.4 Å². The first kappa shape index (κ1) is 20.6. The van der Waals surface area contributed by atoms with Crippen LogP contribution in [0.1, 0.15) is 31.2 Å². The van der Waals surface area contributed by atoms with E-state index in [1.165, 1.54) is 5.56 Å². The third-order valence-corrected chi connectivity index (χ3v) is 6.31. The average Bonchev–Trinajstić information content (AvgIpc) is 3.12. The number of carbonyl (C=O) groups is 1. The first-order valence-corrected chi connectivity index (χ1v) is 8.94. The number of rotatable bonds is 3. The molecule has 1 aromatic rings. The fourth-order valence-electron chi connectivity index (χ4n) is 4.91. The van der Waals surface area contributed by atoms with Gasteiger partial charge in [0.05, 0.1) is 14.2 Å². The second-order valence-electron chi connectivity index (χ2n) is 7.48. The number of carbonyl (C=O) groups excluding carboxylic acids is 1. The Bertz CT molecular complexity index is 730. The number of aliphatic hydroxyl groups is 1. The summed E-state index contributed by atoms with van der Waals surface area (Å²) in [6.45, 7) is 0.950. The summed E-state index contributed by atoms with van der Waals surface area (Å²) >= 11 is 0. The molecule has 0 bridgehead atoms. The molecule has 2 saturated heterocycles. The predicted molar refractivity (Wildman–Crippen MR) is 92.0 cm³/mol. The number of likely N-dealkylation sites (N-methyl/N-ethyl adjacent to an activating group) is 1. The van der Waals surface area contributed by atoms with E-state index in [2.05, 4.69) is 24.1 Å². The zero-order valence-electron chi connectivity index (χ0n) is 15.7. The molecule has 4 rings (SSSR count). The van der Waals surface area contributed by atoms with Gasteiger partial charge in [0.2, 0.25) is 5.79 Å². The number of fused-ring (bicyclic) bond motifs is 1. The van der Waals surface area contributed by atoms with Crippen molar-refractivity contribution in [1.29, 1.82) is 0 Å². The van der Waals surface area contributed by atoms with Gasteiger partial charge >= 0.3 is 5.97 Å². The van der Waals surface area contributed by atoms with Gasteiger partial charge in [-0.05, 0) is 44.1 Å². The second-order valence-corrected chi connectivity index (χ2v) is 7.48. The number of benzene rings is 1. The quantitative estimate of drug-likeness (QED) is 0.572. The second kappa shape index (κ2) is 7.34. The molecule has 1 saturated carbocycles. The molecule has 4 atom stereocenters. The third-order valence-electron chi connectivity index (χ3n) is 6.31. The number of aliphatic hydroxyl groups excluding tert-OH is 1. The Morgan fingerprint density at radius 1 is 1.19 bits per heavy atom. The van der Waals surface area contributed by atoms with Crippen LogP contribution in [-0.2, 0) is 40.1 Å². The van der Waals surface area contributed by atoms with E-state index in [4.69, 9.17) is 18.9 Å². The van der Waals surface area contributed by atoms with Crippen molar-refractivity contribution in [3.63, 3.8) is 0 Å². The van der Waals surface area contributed by atoms with Crippen molar-refractivity contribution < 1.29 is 49.3 Å².